The molecule has 0 radical (unpaired) electrons. The summed E-state index contributed by atoms with van der Waals surface area (Å²) in [6, 6.07) is 27.2. The molecule has 82 heavy (non-hydrogen) atoms. The lowest BCUT2D eigenvalue weighted by Crippen LogP contribution is -2.47. The van der Waals surface area contributed by atoms with Gasteiger partial charge < -0.3 is 29.3 Å². The average molecular weight is 1190 g/mol. The number of para-hydroxylation sites is 2. The van der Waals surface area contributed by atoms with Crippen molar-refractivity contribution in [2.75, 3.05) is 40.8 Å². The van der Waals surface area contributed by atoms with Crippen molar-refractivity contribution in [1.82, 2.24) is 4.90 Å². The van der Waals surface area contributed by atoms with E-state index in [-0.39, 0.29) is 96.8 Å². The molecule has 5 heterocycles. The van der Waals surface area contributed by atoms with Crippen molar-refractivity contribution in [2.24, 2.45) is 0 Å². The van der Waals surface area contributed by atoms with Crippen LogP contribution in [0.1, 0.15) is 125 Å². The molecule has 16 nitrogen and oxygen atoms in total. The number of Topliss-reactive ketones (excluding diaryl/α,β-unsaturated/α-hetero) is 1. The van der Waals surface area contributed by atoms with Crippen LogP contribution in [0.5, 0.6) is 17.2 Å². The average Bonchev–Trinajstić information content (AvgIpc) is 4.13. The van der Waals surface area contributed by atoms with Gasteiger partial charge in [0.15, 0.2) is 11.5 Å². The Kier molecular flexibility index (Phi) is 17.9. The van der Waals surface area contributed by atoms with E-state index in [1.165, 1.54) is 21.6 Å². The fraction of sp³-hybridized carbons (Fsp3) is 0.419. The molecule has 5 aromatic rings. The number of ether oxygens (including phenoxy) is 3. The number of rotatable bonds is 23. The normalized spacial score (nSPS) is 19.2. The minimum atomic E-state index is -4.60. The summed E-state index contributed by atoms with van der Waals surface area (Å²) < 4.78 is 55.3. The lowest BCUT2D eigenvalue weighted by molar-refractivity contribution is -0.138. The van der Waals surface area contributed by atoms with Crippen molar-refractivity contribution in [1.29, 1.82) is 0 Å². The Labute approximate surface area is 491 Å². The van der Waals surface area contributed by atoms with Gasteiger partial charge in [-0.1, -0.05) is 58.0 Å². The molecule has 1 saturated heterocycles. The molecule has 5 aromatic carbocycles. The first-order valence-electron chi connectivity index (χ1n) is 27.8. The van der Waals surface area contributed by atoms with Gasteiger partial charge in [-0.05, 0) is 172 Å². The first kappa shape index (κ1) is 58.9. The van der Waals surface area contributed by atoms with Gasteiger partial charge in [-0.2, -0.15) is 20.2 Å². The zero-order valence-corrected chi connectivity index (χ0v) is 50.0. The monoisotopic (exact) mass is 1190 g/mol. The van der Waals surface area contributed by atoms with Gasteiger partial charge in [-0.25, -0.2) is 0 Å². The van der Waals surface area contributed by atoms with Crippen molar-refractivity contribution in [3.8, 4) is 17.2 Å². The number of nitrogens with zero attached hydrogens (tertiary/aromatic N) is 3. The van der Waals surface area contributed by atoms with E-state index in [4.69, 9.17) is 14.2 Å². The van der Waals surface area contributed by atoms with E-state index in [0.29, 0.717) is 101 Å². The topological polar surface area (TPSA) is 206 Å². The number of amides is 5. The highest BCUT2D eigenvalue weighted by atomic mass is 33.1. The van der Waals surface area contributed by atoms with Gasteiger partial charge in [0.25, 0.3) is 21.9 Å². The Morgan fingerprint density at radius 3 is 2.09 bits per heavy atom. The zero-order chi connectivity index (χ0) is 58.0. The van der Waals surface area contributed by atoms with Crippen LogP contribution in [0.25, 0.3) is 0 Å². The predicted molar refractivity (Wildman–Crippen MR) is 322 cm³/mol. The first-order valence-corrected chi connectivity index (χ1v) is 32.9. The minimum absolute atomic E-state index is 0.0189. The fourth-order valence-electron chi connectivity index (χ4n) is 11.9. The molecule has 2 unspecified atom stereocenters. The molecule has 5 aliphatic heterocycles. The minimum Gasteiger partial charge on any atom is -0.493 e. The molecule has 0 aromatic heterocycles. The van der Waals surface area contributed by atoms with E-state index in [1.54, 1.807) is 59.0 Å². The number of methoxy groups -OCH3 is 1. The van der Waals surface area contributed by atoms with E-state index < -0.39 is 21.4 Å². The number of hydrogen-bond acceptors (Lipinski definition) is 14. The second-order valence-electron chi connectivity index (χ2n) is 22.4. The lowest BCUT2D eigenvalue weighted by Gasteiger charge is -2.27. The van der Waals surface area contributed by atoms with Crippen molar-refractivity contribution in [3.63, 3.8) is 0 Å². The number of carbonyl (C=O) groups excluding carboxylic acids is 6. The van der Waals surface area contributed by atoms with Gasteiger partial charge in [0.2, 0.25) is 17.7 Å². The van der Waals surface area contributed by atoms with E-state index in [1.807, 2.05) is 72.7 Å². The number of benzene rings is 5. The molecule has 0 bridgehead atoms. The molecule has 5 aliphatic rings. The summed E-state index contributed by atoms with van der Waals surface area (Å²) in [6.45, 7) is 6.34. The van der Waals surface area contributed by atoms with E-state index >= 15 is 0 Å². The number of likely N-dealkylation sites (tertiary alicyclic amines) is 1. The number of anilines is 3. The van der Waals surface area contributed by atoms with E-state index in [9.17, 15) is 41.7 Å². The van der Waals surface area contributed by atoms with Gasteiger partial charge in [0.1, 0.15) is 30.0 Å². The molecule has 5 amide bonds. The van der Waals surface area contributed by atoms with Crippen LogP contribution in [-0.2, 0) is 68.2 Å². The molecule has 0 aliphatic carbocycles. The standard InChI is InChI=1S/C62H68N4O12S4/c1-37-24-47-43(32-56(82(73,74)75)51-29-42-13-7-9-17-50(42)66(51)60(47)71)31-52(37)77-35-38-25-39(36-78-54-30-40-18-19-45-28-41-12-6-8-16-49(41)65(45)59(70)48(40)33-53(54)76-4)27-44(26-38)63-57(68)20-21-62(2,3)81-80-23-11-15-46(67)14-10-22-64-58(69)34-55(79-5)61(64)72/h6-9,12-13,16-17,24-27,30-31,33,45,51,55-56H,10-11,14-15,18-23,28-29,32,34-36H2,1-5H3,(H,63,68)(H,73,74,75)/t45-,51+,55?,56?/m1/s1. The van der Waals surface area contributed by atoms with Crippen LogP contribution in [0, 0.1) is 6.92 Å². The predicted octanol–water partition coefficient (Wildman–Crippen LogP) is 10.6. The summed E-state index contributed by atoms with van der Waals surface area (Å²) in [7, 11) is 0.274. The maximum atomic E-state index is 14.3. The number of imide groups is 1. The number of nitrogens with one attached hydrogen (secondary N) is 1. The molecular weight excluding hydrogens is 1120 g/mol. The van der Waals surface area contributed by atoms with Crippen LogP contribution >= 0.6 is 33.3 Å². The van der Waals surface area contributed by atoms with Crippen LogP contribution < -0.4 is 29.3 Å². The Morgan fingerprint density at radius 1 is 0.744 bits per heavy atom. The molecular formula is C62H68N4O12S4. The van der Waals surface area contributed by atoms with Crippen molar-refractivity contribution >= 4 is 95.8 Å². The fourth-order valence-corrected chi connectivity index (χ4v) is 16.2. The van der Waals surface area contributed by atoms with Gasteiger partial charge in [-0.3, -0.25) is 38.2 Å². The summed E-state index contributed by atoms with van der Waals surface area (Å²) >= 11 is 1.38. The molecule has 4 atom stereocenters. The second-order valence-corrected chi connectivity index (χ2v) is 28.2. The Bertz CT molecular complexity index is 3460. The van der Waals surface area contributed by atoms with Crippen LogP contribution in [0.15, 0.2) is 91.0 Å². The van der Waals surface area contributed by atoms with E-state index in [2.05, 4.69) is 25.2 Å². The molecule has 0 spiro atoms. The van der Waals surface area contributed by atoms with Crippen molar-refractivity contribution in [2.45, 2.75) is 138 Å². The third-order valence-electron chi connectivity index (χ3n) is 16.1. The first-order chi connectivity index (χ1) is 39.3. The molecule has 432 valence electrons. The Morgan fingerprint density at radius 2 is 1.39 bits per heavy atom. The van der Waals surface area contributed by atoms with Crippen molar-refractivity contribution < 1.29 is 55.9 Å². The highest BCUT2D eigenvalue weighted by Crippen LogP contribution is 2.44. The number of carbonyl (C=O) groups is 6. The number of fused-ring (bicyclic) bond motifs is 8. The molecule has 2 N–H and O–H groups in total. The van der Waals surface area contributed by atoms with Crippen LogP contribution in [0.2, 0.25) is 0 Å². The summed E-state index contributed by atoms with van der Waals surface area (Å²) in [5, 5.41) is 1.50. The van der Waals surface area contributed by atoms with Crippen LogP contribution in [-0.4, -0.2) is 106 Å². The Balaban J connectivity index is 0.814. The van der Waals surface area contributed by atoms with Gasteiger partial charge in [-0.15, -0.1) is 0 Å². The smallest absolute Gasteiger partial charge is 0.270 e. The molecule has 10 rings (SSSR count). The summed E-state index contributed by atoms with van der Waals surface area (Å²) in [6.07, 6.45) is 7.15. The second kappa shape index (κ2) is 24.9. The van der Waals surface area contributed by atoms with Gasteiger partial charge in [0, 0.05) is 77.0 Å². The maximum absolute atomic E-state index is 14.3. The van der Waals surface area contributed by atoms with Gasteiger partial charge in [0.05, 0.1) is 18.4 Å². The van der Waals surface area contributed by atoms with Crippen molar-refractivity contribution in [3.05, 3.63) is 141 Å². The van der Waals surface area contributed by atoms with Gasteiger partial charge >= 0.3 is 0 Å². The van der Waals surface area contributed by atoms with Crippen LogP contribution in [0.4, 0.5) is 17.1 Å². The highest BCUT2D eigenvalue weighted by Gasteiger charge is 2.47. The SMILES string of the molecule is COc1cc2c(cc1OCc1cc(COc3cc4c(cc3C)C(=O)N3c5ccccc5C[C@H]3C(S(=O)(=O)O)C4)cc(NC(=O)CCC(C)(C)SSCCCC(=O)CCCN3C(=O)CC(SC)C3=O)c1)CC[C@@H]1Cc3ccccc3N1C2=O. The summed E-state index contributed by atoms with van der Waals surface area (Å²) in [5.41, 5.74) is 8.32. The maximum Gasteiger partial charge on any atom is 0.270 e. The van der Waals surface area contributed by atoms with E-state index in [0.717, 1.165) is 41.0 Å². The summed E-state index contributed by atoms with van der Waals surface area (Å²) in [4.78, 5) is 84.3. The highest BCUT2D eigenvalue weighted by molar-refractivity contribution is 8.77. The van der Waals surface area contributed by atoms with Crippen LogP contribution in [0.3, 0.4) is 0 Å². The zero-order valence-electron chi connectivity index (χ0n) is 46.7. The number of ketones is 1. The number of hydrogen-bond donors (Lipinski definition) is 2. The largest absolute Gasteiger partial charge is 0.493 e. The third kappa shape index (κ3) is 12.9. The quantitative estimate of drug-likeness (QED) is 0.0270. The lowest BCUT2D eigenvalue weighted by atomic mass is 9.97. The number of thioether (sulfide) groups is 1. The Hall–Kier alpha value is -6.32. The molecule has 0 saturated carbocycles. The molecule has 20 heteroatoms. The molecule has 1 fully saturated rings. The third-order valence-corrected chi connectivity index (χ3v) is 21.7. The summed E-state index contributed by atoms with van der Waals surface area (Å²) in [5.74, 6) is 1.19. The number of aryl methyl sites for hydroxylation is 2.